The van der Waals surface area contributed by atoms with Crippen molar-refractivity contribution in [1.82, 2.24) is 20.4 Å². The molecular weight excluding hydrogens is 408 g/mol. The maximum Gasteiger partial charge on any atom is 0.325 e. The third-order valence-electron chi connectivity index (χ3n) is 7.08. The van der Waals surface area contributed by atoms with Crippen molar-refractivity contribution < 1.29 is 19.1 Å². The van der Waals surface area contributed by atoms with Crippen LogP contribution in [0.15, 0.2) is 24.3 Å². The van der Waals surface area contributed by atoms with Crippen LogP contribution in [-0.2, 0) is 16.1 Å². The quantitative estimate of drug-likeness (QED) is 0.603. The number of ether oxygens (including phenoxy) is 1. The molecule has 0 radical (unpaired) electrons. The normalized spacial score (nSPS) is 25.9. The largest absolute Gasteiger partial charge is 0.496 e. The predicted octanol–water partition coefficient (Wildman–Crippen LogP) is 2.28. The third kappa shape index (κ3) is 5.06. The van der Waals surface area contributed by atoms with Crippen molar-refractivity contribution in [3.63, 3.8) is 0 Å². The summed E-state index contributed by atoms with van der Waals surface area (Å²) in [4.78, 5) is 41.4. The van der Waals surface area contributed by atoms with E-state index in [1.165, 1.54) is 43.7 Å². The highest BCUT2D eigenvalue weighted by Crippen LogP contribution is 2.30. The number of amides is 4. The number of nitrogens with zero attached hydrogens (tertiary/aromatic N) is 2. The minimum absolute atomic E-state index is 0.0526. The summed E-state index contributed by atoms with van der Waals surface area (Å²) < 4.78 is 5.32. The zero-order chi connectivity index (χ0) is 22.5. The number of para-hydroxylation sites is 1. The summed E-state index contributed by atoms with van der Waals surface area (Å²) in [5.41, 5.74) is 0.765. The van der Waals surface area contributed by atoms with Gasteiger partial charge in [0, 0.05) is 24.6 Å². The van der Waals surface area contributed by atoms with Crippen LogP contribution in [0.3, 0.4) is 0 Å². The van der Waals surface area contributed by atoms with Crippen LogP contribution in [-0.4, -0.2) is 66.5 Å². The van der Waals surface area contributed by atoms with Crippen LogP contribution in [0.5, 0.6) is 5.75 Å². The van der Waals surface area contributed by atoms with Crippen molar-refractivity contribution in [3.05, 3.63) is 29.8 Å². The van der Waals surface area contributed by atoms with E-state index in [0.717, 1.165) is 12.0 Å². The van der Waals surface area contributed by atoms with Gasteiger partial charge in [-0.15, -0.1) is 0 Å². The van der Waals surface area contributed by atoms with Crippen molar-refractivity contribution >= 4 is 17.8 Å². The molecule has 3 heterocycles. The molecule has 0 saturated carbocycles. The molecule has 32 heavy (non-hydrogen) atoms. The Labute approximate surface area is 189 Å². The van der Waals surface area contributed by atoms with Gasteiger partial charge in [0.25, 0.3) is 5.91 Å². The second-order valence-corrected chi connectivity index (χ2v) is 9.08. The van der Waals surface area contributed by atoms with Gasteiger partial charge in [-0.2, -0.15) is 0 Å². The van der Waals surface area contributed by atoms with Gasteiger partial charge in [0.05, 0.1) is 13.7 Å². The second kappa shape index (κ2) is 10.3. The number of hydrogen-bond acceptors (Lipinski definition) is 5. The second-order valence-electron chi connectivity index (χ2n) is 9.08. The molecule has 4 amide bonds. The summed E-state index contributed by atoms with van der Waals surface area (Å²) in [5, 5.41) is 5.80. The first-order chi connectivity index (χ1) is 15.6. The van der Waals surface area contributed by atoms with E-state index in [2.05, 4.69) is 15.5 Å². The fraction of sp³-hybridized carbons (Fsp3) is 0.625. The van der Waals surface area contributed by atoms with E-state index < -0.39 is 12.1 Å². The lowest BCUT2D eigenvalue weighted by Gasteiger charge is -2.44. The molecule has 3 aliphatic rings. The number of fused-ring (bicyclic) bond motifs is 1. The molecule has 0 unspecified atom stereocenters. The first-order valence-corrected chi connectivity index (χ1v) is 11.8. The molecule has 1 aromatic rings. The summed E-state index contributed by atoms with van der Waals surface area (Å²) in [5.74, 6) is 0.800. The molecule has 4 rings (SSSR count). The van der Waals surface area contributed by atoms with E-state index >= 15 is 0 Å². The molecule has 0 aromatic heterocycles. The summed E-state index contributed by atoms with van der Waals surface area (Å²) >= 11 is 0. The SMILES string of the molecule is COc1ccccc1CN1C(=O)N[C@H](CCC(=O)NC[C@@H]2CCCN3CCCC[C@H]23)C1=O. The van der Waals surface area contributed by atoms with Crippen molar-refractivity contribution in [2.24, 2.45) is 5.92 Å². The highest BCUT2D eigenvalue weighted by molar-refractivity contribution is 6.04. The van der Waals surface area contributed by atoms with Crippen LogP contribution in [0.1, 0.15) is 50.5 Å². The van der Waals surface area contributed by atoms with Crippen molar-refractivity contribution in [2.75, 3.05) is 26.7 Å². The monoisotopic (exact) mass is 442 g/mol. The summed E-state index contributed by atoms with van der Waals surface area (Å²) in [6.07, 6.45) is 6.67. The predicted molar refractivity (Wildman–Crippen MR) is 120 cm³/mol. The van der Waals surface area contributed by atoms with E-state index in [4.69, 9.17) is 4.74 Å². The van der Waals surface area contributed by atoms with Gasteiger partial charge in [-0.25, -0.2) is 4.79 Å². The standard InChI is InChI=1S/C24H34N4O4/c1-32-21-10-3-2-7-18(21)16-28-23(30)19(26-24(28)31)11-12-22(29)25-15-17-8-6-14-27-13-5-4-9-20(17)27/h2-3,7,10,17,19-20H,4-6,8-9,11-16H2,1H3,(H,25,29)(H,26,31)/t17-,19+,20+/m0/s1. The highest BCUT2D eigenvalue weighted by Gasteiger charge is 2.38. The minimum Gasteiger partial charge on any atom is -0.496 e. The number of piperidine rings is 2. The molecule has 3 aliphatic heterocycles. The van der Waals surface area contributed by atoms with E-state index in [9.17, 15) is 14.4 Å². The average molecular weight is 443 g/mol. The zero-order valence-electron chi connectivity index (χ0n) is 18.8. The molecule has 0 bridgehead atoms. The fourth-order valence-corrected chi connectivity index (χ4v) is 5.35. The first kappa shape index (κ1) is 22.6. The summed E-state index contributed by atoms with van der Waals surface area (Å²) in [7, 11) is 1.56. The Kier molecular flexibility index (Phi) is 7.29. The molecule has 0 aliphatic carbocycles. The van der Waals surface area contributed by atoms with E-state index in [1.54, 1.807) is 13.2 Å². The smallest absolute Gasteiger partial charge is 0.325 e. The molecule has 3 fully saturated rings. The van der Waals surface area contributed by atoms with Gasteiger partial charge in [0.15, 0.2) is 0 Å². The van der Waals surface area contributed by atoms with Crippen molar-refractivity contribution in [1.29, 1.82) is 0 Å². The Morgan fingerprint density at radius 2 is 1.97 bits per heavy atom. The Morgan fingerprint density at radius 1 is 1.16 bits per heavy atom. The van der Waals surface area contributed by atoms with Gasteiger partial charge in [-0.3, -0.25) is 14.5 Å². The lowest BCUT2D eigenvalue weighted by atomic mass is 9.83. The van der Waals surface area contributed by atoms with Gasteiger partial charge in [-0.1, -0.05) is 24.6 Å². The van der Waals surface area contributed by atoms with Gasteiger partial charge >= 0.3 is 6.03 Å². The number of methoxy groups -OCH3 is 1. The molecule has 2 N–H and O–H groups in total. The summed E-state index contributed by atoms with van der Waals surface area (Å²) in [6.45, 7) is 3.22. The number of carbonyl (C=O) groups is 3. The highest BCUT2D eigenvalue weighted by atomic mass is 16.5. The van der Waals surface area contributed by atoms with Crippen LogP contribution < -0.4 is 15.4 Å². The molecule has 1 aromatic carbocycles. The number of imide groups is 1. The number of hydrogen-bond donors (Lipinski definition) is 2. The van der Waals surface area contributed by atoms with E-state index in [1.807, 2.05) is 18.2 Å². The first-order valence-electron chi connectivity index (χ1n) is 11.8. The number of urea groups is 1. The molecule has 3 atom stereocenters. The van der Waals surface area contributed by atoms with Crippen LogP contribution >= 0.6 is 0 Å². The Morgan fingerprint density at radius 3 is 2.81 bits per heavy atom. The number of nitrogens with one attached hydrogen (secondary N) is 2. The van der Waals surface area contributed by atoms with Crippen LogP contribution in [0, 0.1) is 5.92 Å². The van der Waals surface area contributed by atoms with E-state index in [0.29, 0.717) is 30.7 Å². The van der Waals surface area contributed by atoms with Gasteiger partial charge in [0.2, 0.25) is 5.91 Å². The topological polar surface area (TPSA) is 91.0 Å². The fourth-order valence-electron chi connectivity index (χ4n) is 5.35. The molecular formula is C24H34N4O4. The van der Waals surface area contributed by atoms with Crippen LogP contribution in [0.4, 0.5) is 4.79 Å². The molecule has 3 saturated heterocycles. The maximum atomic E-state index is 12.8. The minimum atomic E-state index is -0.661. The van der Waals surface area contributed by atoms with E-state index in [-0.39, 0.29) is 24.8 Å². The lowest BCUT2D eigenvalue weighted by molar-refractivity contribution is -0.128. The molecule has 8 heteroatoms. The Hall–Kier alpha value is -2.61. The van der Waals surface area contributed by atoms with Crippen LogP contribution in [0.2, 0.25) is 0 Å². The molecule has 8 nitrogen and oxygen atoms in total. The zero-order valence-corrected chi connectivity index (χ0v) is 18.8. The van der Waals surface area contributed by atoms with Crippen LogP contribution in [0.25, 0.3) is 0 Å². The number of rotatable bonds is 8. The van der Waals surface area contributed by atoms with Gasteiger partial charge in [0.1, 0.15) is 11.8 Å². The lowest BCUT2D eigenvalue weighted by Crippen LogP contribution is -2.51. The number of benzene rings is 1. The van der Waals surface area contributed by atoms with Gasteiger partial charge < -0.3 is 20.3 Å². The Bertz CT molecular complexity index is 843. The summed E-state index contributed by atoms with van der Waals surface area (Å²) in [6, 6.07) is 6.83. The maximum absolute atomic E-state index is 12.8. The number of carbonyl (C=O) groups excluding carboxylic acids is 3. The molecule has 174 valence electrons. The van der Waals surface area contributed by atoms with Gasteiger partial charge in [-0.05, 0) is 57.2 Å². The Balaban J connectivity index is 1.24. The van der Waals surface area contributed by atoms with Crippen molar-refractivity contribution in [2.45, 2.75) is 63.6 Å². The third-order valence-corrected chi connectivity index (χ3v) is 7.08. The molecule has 0 spiro atoms. The van der Waals surface area contributed by atoms with Crippen molar-refractivity contribution in [3.8, 4) is 5.75 Å². The average Bonchev–Trinajstić information content (AvgIpc) is 3.09.